The van der Waals surface area contributed by atoms with Crippen molar-refractivity contribution in [2.24, 2.45) is 0 Å². The Morgan fingerprint density at radius 2 is 1.93 bits per heavy atom. The second-order valence-electron chi connectivity index (χ2n) is 3.09. The molecular formula is C7H10F5NO. The zero-order valence-corrected chi connectivity index (χ0v) is 7.15. The highest BCUT2D eigenvalue weighted by Crippen LogP contribution is 2.27. The average Bonchev–Trinajstić information content (AvgIpc) is 2.01. The monoisotopic (exact) mass is 219 g/mol. The van der Waals surface area contributed by atoms with Gasteiger partial charge in [0.15, 0.2) is 0 Å². The molecule has 0 amide bonds. The minimum absolute atomic E-state index is 0.0432. The van der Waals surface area contributed by atoms with Gasteiger partial charge < -0.3 is 10.1 Å². The van der Waals surface area contributed by atoms with Gasteiger partial charge in [0.2, 0.25) is 0 Å². The van der Waals surface area contributed by atoms with Crippen LogP contribution < -0.4 is 5.32 Å². The van der Waals surface area contributed by atoms with Crippen LogP contribution in [0.5, 0.6) is 0 Å². The highest BCUT2D eigenvalue weighted by molar-refractivity contribution is 4.83. The van der Waals surface area contributed by atoms with Crippen molar-refractivity contribution in [3.8, 4) is 0 Å². The molecule has 7 heteroatoms. The first-order valence-electron chi connectivity index (χ1n) is 4.13. The molecule has 2 atom stereocenters. The molecule has 0 aromatic carbocycles. The van der Waals surface area contributed by atoms with Crippen LogP contribution in [0.1, 0.15) is 12.8 Å². The first-order valence-corrected chi connectivity index (χ1v) is 4.13. The predicted octanol–water partition coefficient (Wildman–Crippen LogP) is 1.91. The fraction of sp³-hybridized carbons (Fsp3) is 1.00. The summed E-state index contributed by atoms with van der Waals surface area (Å²) in [5, 5.41) is 2.21. The van der Waals surface area contributed by atoms with Crippen molar-refractivity contribution in [3.63, 3.8) is 0 Å². The van der Waals surface area contributed by atoms with Crippen LogP contribution in [0.4, 0.5) is 22.0 Å². The summed E-state index contributed by atoms with van der Waals surface area (Å²) in [6.07, 6.45) is -5.68. The Kier molecular flexibility index (Phi) is 3.65. The van der Waals surface area contributed by atoms with E-state index in [4.69, 9.17) is 0 Å². The molecule has 14 heavy (non-hydrogen) atoms. The molecular weight excluding hydrogens is 209 g/mol. The standard InChI is InChI=1S/C7H10F5NO/c8-6(9)14-4-1-2-13-5(3-4)7(10,11)12/h4-6,13H,1-3H2. The van der Waals surface area contributed by atoms with E-state index in [-0.39, 0.29) is 13.0 Å². The summed E-state index contributed by atoms with van der Waals surface area (Å²) in [6.45, 7) is -2.96. The molecule has 1 N–H and O–H groups in total. The van der Waals surface area contributed by atoms with E-state index in [1.807, 2.05) is 0 Å². The summed E-state index contributed by atoms with van der Waals surface area (Å²) in [6, 6.07) is -1.74. The van der Waals surface area contributed by atoms with Crippen LogP contribution in [-0.2, 0) is 4.74 Å². The van der Waals surface area contributed by atoms with Crippen LogP contribution in [0, 0.1) is 0 Å². The molecule has 0 aromatic rings. The second kappa shape index (κ2) is 4.39. The number of ether oxygens (including phenoxy) is 1. The molecule has 1 aliphatic heterocycles. The maximum absolute atomic E-state index is 12.1. The van der Waals surface area contributed by atoms with Crippen LogP contribution in [0.2, 0.25) is 0 Å². The van der Waals surface area contributed by atoms with Crippen LogP contribution >= 0.6 is 0 Å². The second-order valence-corrected chi connectivity index (χ2v) is 3.09. The minimum Gasteiger partial charge on any atom is -0.320 e. The van der Waals surface area contributed by atoms with Gasteiger partial charge in [0.25, 0.3) is 0 Å². The Bertz CT molecular complexity index is 183. The molecule has 2 nitrogen and oxygen atoms in total. The summed E-state index contributed by atoms with van der Waals surface area (Å²) in [5.74, 6) is 0. The van der Waals surface area contributed by atoms with E-state index in [2.05, 4.69) is 10.1 Å². The fourth-order valence-corrected chi connectivity index (χ4v) is 1.40. The van der Waals surface area contributed by atoms with Gasteiger partial charge in [-0.25, -0.2) is 0 Å². The molecule has 84 valence electrons. The SMILES string of the molecule is FC(F)OC1CCNC(C(F)(F)F)C1. The van der Waals surface area contributed by atoms with E-state index in [1.54, 1.807) is 0 Å². The van der Waals surface area contributed by atoms with Gasteiger partial charge in [0.05, 0.1) is 6.10 Å². The number of hydrogen-bond donors (Lipinski definition) is 1. The van der Waals surface area contributed by atoms with Crippen molar-refractivity contribution >= 4 is 0 Å². The van der Waals surface area contributed by atoms with Gasteiger partial charge in [-0.3, -0.25) is 0 Å². The lowest BCUT2D eigenvalue weighted by Crippen LogP contribution is -2.49. The first kappa shape index (κ1) is 11.6. The smallest absolute Gasteiger partial charge is 0.320 e. The topological polar surface area (TPSA) is 21.3 Å². The van der Waals surface area contributed by atoms with E-state index in [0.29, 0.717) is 0 Å². The van der Waals surface area contributed by atoms with Crippen molar-refractivity contribution in [2.45, 2.75) is 37.8 Å². The quantitative estimate of drug-likeness (QED) is 0.716. The van der Waals surface area contributed by atoms with Crippen LogP contribution in [0.3, 0.4) is 0 Å². The van der Waals surface area contributed by atoms with Gasteiger partial charge in [0.1, 0.15) is 6.04 Å². The highest BCUT2D eigenvalue weighted by atomic mass is 19.4. The molecule has 0 aromatic heterocycles. The average molecular weight is 219 g/mol. The normalized spacial score (nSPS) is 29.6. The van der Waals surface area contributed by atoms with Gasteiger partial charge in [-0.2, -0.15) is 22.0 Å². The van der Waals surface area contributed by atoms with Crippen molar-refractivity contribution in [3.05, 3.63) is 0 Å². The van der Waals surface area contributed by atoms with Crippen molar-refractivity contribution < 1.29 is 26.7 Å². The molecule has 1 rings (SSSR count). The number of hydrogen-bond acceptors (Lipinski definition) is 2. The third-order valence-corrected chi connectivity index (χ3v) is 2.05. The zero-order chi connectivity index (χ0) is 10.8. The maximum Gasteiger partial charge on any atom is 0.403 e. The number of nitrogens with one attached hydrogen (secondary N) is 1. The van der Waals surface area contributed by atoms with Gasteiger partial charge in [-0.15, -0.1) is 0 Å². The van der Waals surface area contributed by atoms with Crippen LogP contribution in [0.25, 0.3) is 0 Å². The molecule has 1 saturated heterocycles. The van der Waals surface area contributed by atoms with Gasteiger partial charge in [-0.05, 0) is 19.4 Å². The zero-order valence-electron chi connectivity index (χ0n) is 7.15. The summed E-state index contributed by atoms with van der Waals surface area (Å²) in [4.78, 5) is 0. The van der Waals surface area contributed by atoms with Gasteiger partial charge >= 0.3 is 12.8 Å². The first-order chi connectivity index (χ1) is 6.39. The predicted molar refractivity (Wildman–Crippen MR) is 38.0 cm³/mol. The van der Waals surface area contributed by atoms with Crippen LogP contribution in [-0.4, -0.2) is 31.5 Å². The third kappa shape index (κ3) is 3.38. The lowest BCUT2D eigenvalue weighted by atomic mass is 10.0. The minimum atomic E-state index is -4.40. The molecule has 0 aliphatic carbocycles. The van der Waals surface area contributed by atoms with E-state index >= 15 is 0 Å². The number of halogens is 5. The summed E-state index contributed by atoms with van der Waals surface area (Å²) >= 11 is 0. The number of alkyl halides is 5. The number of piperidine rings is 1. The molecule has 0 bridgehead atoms. The van der Waals surface area contributed by atoms with Gasteiger partial charge in [0, 0.05) is 0 Å². The Balaban J connectivity index is 2.44. The van der Waals surface area contributed by atoms with Crippen LogP contribution in [0.15, 0.2) is 0 Å². The molecule has 1 aliphatic rings. The third-order valence-electron chi connectivity index (χ3n) is 2.05. The number of rotatable bonds is 2. The van der Waals surface area contributed by atoms with Gasteiger partial charge in [-0.1, -0.05) is 0 Å². The highest BCUT2D eigenvalue weighted by Gasteiger charge is 2.42. The molecule has 2 unspecified atom stereocenters. The Labute approximate surface area is 77.4 Å². The Morgan fingerprint density at radius 3 is 2.43 bits per heavy atom. The van der Waals surface area contributed by atoms with Crippen molar-refractivity contribution in [1.29, 1.82) is 0 Å². The summed E-state index contributed by atoms with van der Waals surface area (Å²) in [5.41, 5.74) is 0. The molecule has 1 fully saturated rings. The molecule has 0 spiro atoms. The molecule has 1 heterocycles. The lowest BCUT2D eigenvalue weighted by molar-refractivity contribution is -0.200. The Morgan fingerprint density at radius 1 is 1.29 bits per heavy atom. The van der Waals surface area contributed by atoms with E-state index in [1.165, 1.54) is 0 Å². The Hall–Kier alpha value is -0.430. The largest absolute Gasteiger partial charge is 0.403 e. The van der Waals surface area contributed by atoms with E-state index in [9.17, 15) is 22.0 Å². The maximum atomic E-state index is 12.1. The summed E-state index contributed by atoms with van der Waals surface area (Å²) in [7, 11) is 0. The van der Waals surface area contributed by atoms with E-state index < -0.39 is 31.4 Å². The molecule has 0 saturated carbocycles. The summed E-state index contributed by atoms with van der Waals surface area (Å²) < 4.78 is 63.9. The van der Waals surface area contributed by atoms with Crippen molar-refractivity contribution in [1.82, 2.24) is 5.32 Å². The van der Waals surface area contributed by atoms with Crippen molar-refractivity contribution in [2.75, 3.05) is 6.54 Å². The molecule has 0 radical (unpaired) electrons. The lowest BCUT2D eigenvalue weighted by Gasteiger charge is -2.31. The fourth-order valence-electron chi connectivity index (χ4n) is 1.40. The van der Waals surface area contributed by atoms with E-state index in [0.717, 1.165) is 0 Å².